The fourth-order valence-corrected chi connectivity index (χ4v) is 1.81. The molecule has 0 bridgehead atoms. The lowest BCUT2D eigenvalue weighted by Gasteiger charge is -2.16. The van der Waals surface area contributed by atoms with Gasteiger partial charge >= 0.3 is 0 Å². The minimum Gasteiger partial charge on any atom is -0.388 e. The first kappa shape index (κ1) is 13.9. The minimum atomic E-state index is -0.916. The average molecular weight is 312 g/mol. The Hall–Kier alpha value is -0.160. The summed E-state index contributed by atoms with van der Waals surface area (Å²) in [6.07, 6.45) is -0.733. The van der Waals surface area contributed by atoms with E-state index in [1.165, 1.54) is 6.07 Å². The van der Waals surface area contributed by atoms with Crippen molar-refractivity contribution in [1.82, 2.24) is 0 Å². The van der Waals surface area contributed by atoms with Gasteiger partial charge in [-0.15, -0.1) is 0 Å². The summed E-state index contributed by atoms with van der Waals surface area (Å²) in [6.45, 7) is 1.81. The van der Waals surface area contributed by atoms with Crippen molar-refractivity contribution in [3.05, 3.63) is 33.0 Å². The van der Waals surface area contributed by atoms with E-state index in [1.54, 1.807) is 13.2 Å². The number of halogens is 3. The monoisotopic (exact) mass is 310 g/mol. The van der Waals surface area contributed by atoms with Gasteiger partial charge in [-0.1, -0.05) is 17.7 Å². The summed E-state index contributed by atoms with van der Waals surface area (Å²) >= 11 is 8.85. The van der Waals surface area contributed by atoms with Crippen molar-refractivity contribution in [2.24, 2.45) is 0 Å². The topological polar surface area (TPSA) is 29.5 Å². The lowest BCUT2D eigenvalue weighted by Crippen LogP contribution is -2.12. The maximum absolute atomic E-state index is 13.7. The van der Waals surface area contributed by atoms with Gasteiger partial charge in [-0.3, -0.25) is 0 Å². The first-order valence-electron chi connectivity index (χ1n) is 4.81. The molecule has 0 radical (unpaired) electrons. The second kappa shape index (κ2) is 5.96. The molecular weight excluding hydrogens is 298 g/mol. The average Bonchev–Trinajstić information content (AvgIpc) is 2.25. The Bertz CT molecular complexity index is 373. The summed E-state index contributed by atoms with van der Waals surface area (Å²) in [4.78, 5) is 0. The largest absolute Gasteiger partial charge is 0.388 e. The molecule has 0 aromatic heterocycles. The molecule has 1 aromatic carbocycles. The molecule has 0 heterocycles. The lowest BCUT2D eigenvalue weighted by molar-refractivity contribution is 0.0546. The van der Waals surface area contributed by atoms with Crippen molar-refractivity contribution in [3.8, 4) is 0 Å². The zero-order valence-corrected chi connectivity index (χ0v) is 11.3. The van der Waals surface area contributed by atoms with Gasteiger partial charge in [0, 0.05) is 23.6 Å². The fourth-order valence-electron chi connectivity index (χ4n) is 1.34. The third-order valence-corrected chi connectivity index (χ3v) is 3.64. The van der Waals surface area contributed by atoms with Crippen LogP contribution in [0.5, 0.6) is 0 Å². The predicted molar refractivity (Wildman–Crippen MR) is 65.2 cm³/mol. The molecular formula is C11H13BrClFO2. The van der Waals surface area contributed by atoms with Gasteiger partial charge in [0.2, 0.25) is 0 Å². The van der Waals surface area contributed by atoms with Crippen molar-refractivity contribution in [3.63, 3.8) is 0 Å². The maximum Gasteiger partial charge on any atom is 0.148 e. The van der Waals surface area contributed by atoms with Crippen LogP contribution in [0.1, 0.15) is 25.0 Å². The summed E-state index contributed by atoms with van der Waals surface area (Å²) in [6, 6.07) is 3.12. The number of hydrogen-bond acceptors (Lipinski definition) is 2. The van der Waals surface area contributed by atoms with E-state index >= 15 is 0 Å². The molecule has 0 amide bonds. The number of methoxy groups -OCH3 is 1. The molecule has 0 saturated heterocycles. The highest BCUT2D eigenvalue weighted by Gasteiger charge is 2.19. The number of aliphatic hydroxyl groups is 1. The van der Waals surface area contributed by atoms with Gasteiger partial charge in [0.1, 0.15) is 5.82 Å². The number of ether oxygens (including phenoxy) is 1. The van der Waals surface area contributed by atoms with E-state index in [4.69, 9.17) is 16.3 Å². The SMILES string of the molecule is COC(C)CC(O)c1ccc(Br)c(Cl)c1F. The summed E-state index contributed by atoms with van der Waals surface area (Å²) < 4.78 is 19.2. The lowest BCUT2D eigenvalue weighted by atomic mass is 10.0. The van der Waals surface area contributed by atoms with Crippen LogP contribution in [-0.2, 0) is 4.74 Å². The molecule has 1 aromatic rings. The summed E-state index contributed by atoms with van der Waals surface area (Å²) in [5, 5.41) is 9.81. The zero-order chi connectivity index (χ0) is 12.3. The molecule has 0 aliphatic carbocycles. The van der Waals surface area contributed by atoms with Crippen LogP contribution < -0.4 is 0 Å². The second-order valence-corrected chi connectivity index (χ2v) is 4.79. The van der Waals surface area contributed by atoms with Gasteiger partial charge in [0.25, 0.3) is 0 Å². The molecule has 1 rings (SSSR count). The Kier molecular flexibility index (Phi) is 5.18. The van der Waals surface area contributed by atoms with E-state index in [2.05, 4.69) is 15.9 Å². The van der Waals surface area contributed by atoms with Gasteiger partial charge in [-0.25, -0.2) is 4.39 Å². The van der Waals surface area contributed by atoms with Crippen LogP contribution in [0.25, 0.3) is 0 Å². The molecule has 16 heavy (non-hydrogen) atoms. The van der Waals surface area contributed by atoms with Gasteiger partial charge < -0.3 is 9.84 Å². The third-order valence-electron chi connectivity index (χ3n) is 2.38. The summed E-state index contributed by atoms with van der Waals surface area (Å²) in [5.74, 6) is -0.591. The second-order valence-electron chi connectivity index (χ2n) is 3.56. The molecule has 2 unspecified atom stereocenters. The summed E-state index contributed by atoms with van der Waals surface area (Å²) in [5.41, 5.74) is 0.192. The molecule has 0 saturated carbocycles. The molecule has 0 aliphatic heterocycles. The quantitative estimate of drug-likeness (QED) is 0.859. The molecule has 0 aliphatic rings. The van der Waals surface area contributed by atoms with Gasteiger partial charge in [-0.2, -0.15) is 0 Å². The Morgan fingerprint density at radius 2 is 2.19 bits per heavy atom. The normalized spacial score (nSPS) is 14.9. The Labute approximate surface area is 108 Å². The number of rotatable bonds is 4. The molecule has 5 heteroatoms. The van der Waals surface area contributed by atoms with Gasteiger partial charge in [0.05, 0.1) is 17.2 Å². The van der Waals surface area contributed by atoms with Crippen LogP contribution >= 0.6 is 27.5 Å². The molecule has 1 N–H and O–H groups in total. The minimum absolute atomic E-state index is 0.0124. The fraction of sp³-hybridized carbons (Fsp3) is 0.455. The predicted octanol–water partition coefficient (Wildman–Crippen LogP) is 3.70. The Morgan fingerprint density at radius 1 is 1.56 bits per heavy atom. The van der Waals surface area contributed by atoms with Crippen molar-refractivity contribution in [2.45, 2.75) is 25.6 Å². The van der Waals surface area contributed by atoms with Crippen LogP contribution in [0.2, 0.25) is 5.02 Å². The smallest absolute Gasteiger partial charge is 0.148 e. The van der Waals surface area contributed by atoms with Crippen LogP contribution in [-0.4, -0.2) is 18.3 Å². The number of hydrogen-bond donors (Lipinski definition) is 1. The zero-order valence-electron chi connectivity index (χ0n) is 9.01. The molecule has 0 fully saturated rings. The van der Waals surface area contributed by atoms with Crippen LogP contribution in [0.15, 0.2) is 16.6 Å². The number of benzene rings is 1. The third kappa shape index (κ3) is 3.17. The highest BCUT2D eigenvalue weighted by molar-refractivity contribution is 9.10. The van der Waals surface area contributed by atoms with Crippen LogP contribution in [0.3, 0.4) is 0 Å². The van der Waals surface area contributed by atoms with E-state index in [0.29, 0.717) is 10.9 Å². The standard InChI is InChI=1S/C11H13BrClFO2/c1-6(16-2)5-9(15)7-3-4-8(12)10(13)11(7)14/h3-4,6,9,15H,5H2,1-2H3. The highest BCUT2D eigenvalue weighted by Crippen LogP contribution is 2.31. The van der Waals surface area contributed by atoms with E-state index in [-0.39, 0.29) is 16.7 Å². The molecule has 2 atom stereocenters. The van der Waals surface area contributed by atoms with E-state index in [1.807, 2.05) is 6.92 Å². The Balaban J connectivity index is 2.92. The Morgan fingerprint density at radius 3 is 2.75 bits per heavy atom. The molecule has 2 nitrogen and oxygen atoms in total. The first-order chi connectivity index (χ1) is 7.47. The van der Waals surface area contributed by atoms with Crippen molar-refractivity contribution in [1.29, 1.82) is 0 Å². The molecule has 0 spiro atoms. The van der Waals surface area contributed by atoms with E-state index < -0.39 is 11.9 Å². The first-order valence-corrected chi connectivity index (χ1v) is 5.98. The van der Waals surface area contributed by atoms with Crippen LogP contribution in [0.4, 0.5) is 4.39 Å². The van der Waals surface area contributed by atoms with Crippen molar-refractivity contribution >= 4 is 27.5 Å². The summed E-state index contributed by atoms with van der Waals surface area (Å²) in [7, 11) is 1.54. The van der Waals surface area contributed by atoms with Crippen LogP contribution in [0, 0.1) is 5.82 Å². The highest BCUT2D eigenvalue weighted by atomic mass is 79.9. The van der Waals surface area contributed by atoms with Crippen molar-refractivity contribution in [2.75, 3.05) is 7.11 Å². The van der Waals surface area contributed by atoms with E-state index in [0.717, 1.165) is 0 Å². The number of aliphatic hydroxyl groups excluding tert-OH is 1. The maximum atomic E-state index is 13.7. The van der Waals surface area contributed by atoms with Gasteiger partial charge in [-0.05, 0) is 28.9 Å². The van der Waals surface area contributed by atoms with E-state index in [9.17, 15) is 9.50 Å². The van der Waals surface area contributed by atoms with Gasteiger partial charge in [0.15, 0.2) is 0 Å². The van der Waals surface area contributed by atoms with Crippen molar-refractivity contribution < 1.29 is 14.2 Å². The molecule has 90 valence electrons.